The van der Waals surface area contributed by atoms with E-state index in [9.17, 15) is 0 Å². The van der Waals surface area contributed by atoms with Crippen molar-refractivity contribution in [2.45, 2.75) is 6.92 Å². The summed E-state index contributed by atoms with van der Waals surface area (Å²) in [6, 6.07) is 59.2. The minimum absolute atomic E-state index is 0.643. The Kier molecular flexibility index (Phi) is 9.95. The molecule has 8 aromatic rings. The summed E-state index contributed by atoms with van der Waals surface area (Å²) in [5.74, 6) is 0.643. The number of hydrogen-bond donors (Lipinski definition) is 2. The van der Waals surface area contributed by atoms with Gasteiger partial charge in [0.2, 0.25) is 0 Å². The molecule has 0 bridgehead atoms. The van der Waals surface area contributed by atoms with Gasteiger partial charge in [-0.05, 0) is 93.5 Å². The SMILES string of the molecule is C=C/C(=C\C=C\C)c1nc(-c2ccccc2)cc(-c2ccc(-c3ccc4ccc(-c5ccc(-c6ccc(Nc7ccccc7)c(N)c6)cc5)cc4c3)cc2)n1. The van der Waals surface area contributed by atoms with Crippen molar-refractivity contribution in [1.82, 2.24) is 9.97 Å². The summed E-state index contributed by atoms with van der Waals surface area (Å²) >= 11 is 0. The molecule has 0 radical (unpaired) electrons. The van der Waals surface area contributed by atoms with Gasteiger partial charge in [0, 0.05) is 22.4 Å². The van der Waals surface area contributed by atoms with Crippen molar-refractivity contribution in [3.05, 3.63) is 207 Å². The van der Waals surface area contributed by atoms with Crippen LogP contribution < -0.4 is 11.1 Å². The van der Waals surface area contributed by atoms with E-state index in [0.717, 1.165) is 67.3 Å². The number of fused-ring (bicyclic) bond motifs is 1. The van der Waals surface area contributed by atoms with Crippen molar-refractivity contribution in [2.24, 2.45) is 0 Å². The lowest BCUT2D eigenvalue weighted by molar-refractivity contribution is 1.13. The first-order chi connectivity index (χ1) is 27.0. The molecule has 0 fully saturated rings. The number of nitrogen functional groups attached to an aromatic ring is 1. The minimum Gasteiger partial charge on any atom is -0.397 e. The van der Waals surface area contributed by atoms with E-state index in [2.05, 4.69) is 121 Å². The maximum atomic E-state index is 6.45. The number of aromatic nitrogens is 2. The molecule has 0 saturated heterocycles. The number of allylic oxidation sites excluding steroid dienone is 5. The van der Waals surface area contributed by atoms with E-state index in [0.29, 0.717) is 11.5 Å². The summed E-state index contributed by atoms with van der Waals surface area (Å²) < 4.78 is 0. The molecule has 4 nitrogen and oxygen atoms in total. The van der Waals surface area contributed by atoms with Crippen LogP contribution in [0, 0.1) is 0 Å². The Bertz CT molecular complexity index is 2680. The molecule has 0 saturated carbocycles. The zero-order chi connectivity index (χ0) is 37.6. The van der Waals surface area contributed by atoms with Crippen LogP contribution in [0.1, 0.15) is 12.7 Å². The Morgan fingerprint density at radius 3 is 1.56 bits per heavy atom. The zero-order valence-electron chi connectivity index (χ0n) is 30.7. The average Bonchev–Trinajstić information content (AvgIpc) is 3.25. The topological polar surface area (TPSA) is 63.8 Å². The van der Waals surface area contributed by atoms with E-state index in [1.54, 1.807) is 6.08 Å². The highest BCUT2D eigenvalue weighted by molar-refractivity contribution is 5.91. The summed E-state index contributed by atoms with van der Waals surface area (Å²) in [5.41, 5.74) is 20.6. The molecular formula is C51H40N4. The van der Waals surface area contributed by atoms with Crippen molar-refractivity contribution >= 4 is 33.4 Å². The largest absolute Gasteiger partial charge is 0.397 e. The van der Waals surface area contributed by atoms with Gasteiger partial charge in [-0.2, -0.15) is 0 Å². The van der Waals surface area contributed by atoms with Crippen LogP contribution in [0.4, 0.5) is 17.1 Å². The van der Waals surface area contributed by atoms with Gasteiger partial charge in [0.05, 0.1) is 22.8 Å². The fourth-order valence-corrected chi connectivity index (χ4v) is 6.74. The van der Waals surface area contributed by atoms with Crippen LogP contribution in [0.2, 0.25) is 0 Å². The molecule has 1 heterocycles. The predicted molar refractivity (Wildman–Crippen MR) is 234 cm³/mol. The second-order valence-corrected chi connectivity index (χ2v) is 13.4. The summed E-state index contributed by atoms with van der Waals surface area (Å²) in [5, 5.41) is 5.79. The first-order valence-corrected chi connectivity index (χ1v) is 18.4. The van der Waals surface area contributed by atoms with Gasteiger partial charge in [0.15, 0.2) is 5.82 Å². The highest BCUT2D eigenvalue weighted by atomic mass is 14.9. The van der Waals surface area contributed by atoms with E-state index in [1.165, 1.54) is 16.3 Å². The zero-order valence-corrected chi connectivity index (χ0v) is 30.7. The molecule has 55 heavy (non-hydrogen) atoms. The third-order valence-electron chi connectivity index (χ3n) is 9.75. The number of anilines is 3. The van der Waals surface area contributed by atoms with E-state index >= 15 is 0 Å². The molecule has 4 heteroatoms. The Morgan fingerprint density at radius 1 is 0.527 bits per heavy atom. The molecule has 3 N–H and O–H groups in total. The van der Waals surface area contributed by atoms with E-state index < -0.39 is 0 Å². The fourth-order valence-electron chi connectivity index (χ4n) is 6.74. The van der Waals surface area contributed by atoms with Crippen LogP contribution in [0.25, 0.3) is 72.2 Å². The number of para-hydroxylation sites is 1. The second kappa shape index (κ2) is 15.7. The molecule has 0 aliphatic carbocycles. The molecule has 0 aliphatic rings. The molecule has 0 unspecified atom stereocenters. The summed E-state index contributed by atoms with van der Waals surface area (Å²) in [4.78, 5) is 9.91. The maximum absolute atomic E-state index is 6.45. The first kappa shape index (κ1) is 34.8. The number of nitrogens with zero attached hydrogens (tertiary/aromatic N) is 2. The van der Waals surface area contributed by atoms with Crippen molar-refractivity contribution in [3.63, 3.8) is 0 Å². The van der Waals surface area contributed by atoms with Crippen LogP contribution in [-0.4, -0.2) is 9.97 Å². The van der Waals surface area contributed by atoms with Gasteiger partial charge in [0.25, 0.3) is 0 Å². The van der Waals surface area contributed by atoms with E-state index in [-0.39, 0.29) is 0 Å². The van der Waals surface area contributed by atoms with Gasteiger partial charge in [-0.1, -0.05) is 158 Å². The molecule has 7 aromatic carbocycles. The minimum atomic E-state index is 0.643. The maximum Gasteiger partial charge on any atom is 0.160 e. The molecule has 0 atom stereocenters. The molecular weight excluding hydrogens is 669 g/mol. The van der Waals surface area contributed by atoms with Crippen LogP contribution in [0.5, 0.6) is 0 Å². The smallest absolute Gasteiger partial charge is 0.160 e. The highest BCUT2D eigenvalue weighted by Gasteiger charge is 2.12. The second-order valence-electron chi connectivity index (χ2n) is 13.4. The molecule has 8 rings (SSSR count). The number of nitrogens with two attached hydrogens (primary N) is 1. The van der Waals surface area contributed by atoms with Crippen molar-refractivity contribution in [3.8, 4) is 55.9 Å². The van der Waals surface area contributed by atoms with Gasteiger partial charge in [-0.15, -0.1) is 0 Å². The molecule has 264 valence electrons. The lowest BCUT2D eigenvalue weighted by atomic mass is 9.96. The normalized spacial score (nSPS) is 11.5. The van der Waals surface area contributed by atoms with Gasteiger partial charge in [0.1, 0.15) is 0 Å². The van der Waals surface area contributed by atoms with Crippen molar-refractivity contribution in [2.75, 3.05) is 11.1 Å². The Morgan fingerprint density at radius 2 is 1.02 bits per heavy atom. The number of benzene rings is 7. The summed E-state index contributed by atoms with van der Waals surface area (Å²) in [6.07, 6.45) is 7.76. The molecule has 1 aromatic heterocycles. The van der Waals surface area contributed by atoms with Gasteiger partial charge in [-0.25, -0.2) is 9.97 Å². The molecule has 0 aliphatic heterocycles. The molecule has 0 amide bonds. The summed E-state index contributed by atoms with van der Waals surface area (Å²) in [7, 11) is 0. The Balaban J connectivity index is 1.04. The van der Waals surface area contributed by atoms with Gasteiger partial charge < -0.3 is 11.1 Å². The van der Waals surface area contributed by atoms with Crippen LogP contribution in [-0.2, 0) is 0 Å². The molecule has 0 spiro atoms. The van der Waals surface area contributed by atoms with Crippen LogP contribution in [0.3, 0.4) is 0 Å². The lowest BCUT2D eigenvalue weighted by Gasteiger charge is -2.12. The van der Waals surface area contributed by atoms with Crippen LogP contribution in [0.15, 0.2) is 201 Å². The first-order valence-electron chi connectivity index (χ1n) is 18.4. The van der Waals surface area contributed by atoms with E-state index in [4.69, 9.17) is 15.7 Å². The Hall–Kier alpha value is -7.30. The standard InChI is InChI=1S/C51H40N4/c1-3-5-12-35(4-2)51-54-49(40-13-8-6-9-14-40)34-50(55-51)41-25-21-37(22-26-41)43-28-24-39-23-27-42(31-45(39)32-43)36-17-19-38(20-18-36)44-29-30-48(47(52)33-44)53-46-15-10-7-11-16-46/h3-34,53H,2,52H2,1H3/b5-3+,35-12+. The predicted octanol–water partition coefficient (Wildman–Crippen LogP) is 13.4. The summed E-state index contributed by atoms with van der Waals surface area (Å²) in [6.45, 7) is 6.01. The van der Waals surface area contributed by atoms with E-state index in [1.807, 2.05) is 85.8 Å². The number of rotatable bonds is 10. The van der Waals surface area contributed by atoms with Crippen LogP contribution >= 0.6 is 0 Å². The lowest BCUT2D eigenvalue weighted by Crippen LogP contribution is -1.98. The monoisotopic (exact) mass is 708 g/mol. The quantitative estimate of drug-likeness (QED) is 0.110. The Labute approximate surface area is 322 Å². The van der Waals surface area contributed by atoms with Gasteiger partial charge >= 0.3 is 0 Å². The van der Waals surface area contributed by atoms with Crippen molar-refractivity contribution in [1.29, 1.82) is 0 Å². The van der Waals surface area contributed by atoms with Crippen molar-refractivity contribution < 1.29 is 0 Å². The fraction of sp³-hybridized carbons (Fsp3) is 0.0196. The van der Waals surface area contributed by atoms with Gasteiger partial charge in [-0.3, -0.25) is 0 Å². The number of hydrogen-bond acceptors (Lipinski definition) is 4. The third-order valence-corrected chi connectivity index (χ3v) is 9.75. The third kappa shape index (κ3) is 7.75. The highest BCUT2D eigenvalue weighted by Crippen LogP contribution is 2.34. The average molecular weight is 709 g/mol. The number of nitrogens with one attached hydrogen (secondary N) is 1.